The highest BCUT2D eigenvalue weighted by Gasteiger charge is 2.55. The summed E-state index contributed by atoms with van der Waals surface area (Å²) < 4.78 is 0. The molecule has 3 atom stereocenters. The van der Waals surface area contributed by atoms with Crippen LogP contribution in [0.5, 0.6) is 0 Å². The molecule has 0 saturated heterocycles. The van der Waals surface area contributed by atoms with Crippen LogP contribution in [0.1, 0.15) is 40.0 Å². The molecule has 1 aliphatic rings. The van der Waals surface area contributed by atoms with Crippen molar-refractivity contribution in [2.45, 2.75) is 51.2 Å². The number of nitrogens with zero attached hydrogens (tertiary/aromatic N) is 1. The first kappa shape index (κ1) is 13.8. The first-order valence-corrected chi connectivity index (χ1v) is 5.67. The molecule has 5 heteroatoms. The van der Waals surface area contributed by atoms with Crippen molar-refractivity contribution in [1.29, 1.82) is 0 Å². The van der Waals surface area contributed by atoms with Crippen LogP contribution < -0.4 is 0 Å². The molecule has 1 rings (SSSR count). The van der Waals surface area contributed by atoms with Crippen LogP contribution in [0.4, 0.5) is 0 Å². The summed E-state index contributed by atoms with van der Waals surface area (Å²) in [6.07, 6.45) is 0.509. The second kappa shape index (κ2) is 4.22. The first-order chi connectivity index (χ1) is 7.63. The lowest BCUT2D eigenvalue weighted by atomic mass is 9.65. The molecule has 0 aliphatic heterocycles. The molecule has 0 aromatic carbocycles. The number of carbonyl (C=O) groups is 1. The fraction of sp³-hybridized carbons (Fsp3) is 0.750. The molecule has 0 unspecified atom stereocenters. The van der Waals surface area contributed by atoms with Gasteiger partial charge in [0.05, 0.1) is 11.5 Å². The van der Waals surface area contributed by atoms with Crippen LogP contribution in [0.15, 0.2) is 12.2 Å². The van der Waals surface area contributed by atoms with Crippen LogP contribution in [0, 0.1) is 16.0 Å². The number of hydrogen-bond donors (Lipinski definition) is 1. The van der Waals surface area contributed by atoms with Gasteiger partial charge in [-0.1, -0.05) is 6.58 Å². The van der Waals surface area contributed by atoms with E-state index >= 15 is 0 Å². The molecule has 0 amide bonds. The van der Waals surface area contributed by atoms with E-state index in [1.807, 2.05) is 0 Å². The zero-order valence-electron chi connectivity index (χ0n) is 10.5. The van der Waals surface area contributed by atoms with Crippen LogP contribution in [0.2, 0.25) is 0 Å². The van der Waals surface area contributed by atoms with E-state index in [1.165, 1.54) is 6.92 Å². The zero-order chi connectivity index (χ0) is 13.4. The van der Waals surface area contributed by atoms with Crippen molar-refractivity contribution in [3.63, 3.8) is 0 Å². The summed E-state index contributed by atoms with van der Waals surface area (Å²) in [6, 6.07) is 0. The summed E-state index contributed by atoms with van der Waals surface area (Å²) in [5, 5.41) is 21.4. The van der Waals surface area contributed by atoms with E-state index in [-0.39, 0.29) is 30.0 Å². The Morgan fingerprint density at radius 1 is 1.47 bits per heavy atom. The Bertz CT molecular complexity index is 359. The Labute approximate surface area is 101 Å². The third kappa shape index (κ3) is 2.24. The van der Waals surface area contributed by atoms with Crippen LogP contribution in [-0.2, 0) is 4.79 Å². The monoisotopic (exact) mass is 241 g/mol. The highest BCUT2D eigenvalue weighted by molar-refractivity contribution is 5.79. The first-order valence-electron chi connectivity index (χ1n) is 5.67. The molecule has 17 heavy (non-hydrogen) atoms. The van der Waals surface area contributed by atoms with Gasteiger partial charge in [-0.3, -0.25) is 14.9 Å². The predicted octanol–water partition coefficient (Wildman–Crippen LogP) is 1.72. The summed E-state index contributed by atoms with van der Waals surface area (Å²) in [6.45, 7) is 8.23. The van der Waals surface area contributed by atoms with Crippen molar-refractivity contribution >= 4 is 5.78 Å². The maximum absolute atomic E-state index is 11.5. The number of carbonyl (C=O) groups excluding carboxylic acids is 1. The van der Waals surface area contributed by atoms with Gasteiger partial charge >= 0.3 is 0 Å². The van der Waals surface area contributed by atoms with Gasteiger partial charge in [0.1, 0.15) is 5.78 Å². The van der Waals surface area contributed by atoms with Crippen molar-refractivity contribution in [3.8, 4) is 0 Å². The number of hydrogen-bond acceptors (Lipinski definition) is 4. The third-order valence-electron chi connectivity index (χ3n) is 3.97. The summed E-state index contributed by atoms with van der Waals surface area (Å²) >= 11 is 0. The summed E-state index contributed by atoms with van der Waals surface area (Å²) in [5.41, 5.74) is -1.97. The molecule has 5 nitrogen and oxygen atoms in total. The molecule has 0 heterocycles. The van der Waals surface area contributed by atoms with Gasteiger partial charge in [-0.05, 0) is 32.8 Å². The third-order valence-corrected chi connectivity index (χ3v) is 3.97. The quantitative estimate of drug-likeness (QED) is 0.463. The average Bonchev–Trinajstić information content (AvgIpc) is 2.15. The minimum atomic E-state index is -1.27. The number of rotatable bonds is 3. The molecule has 0 bridgehead atoms. The molecule has 96 valence electrons. The van der Waals surface area contributed by atoms with E-state index in [2.05, 4.69) is 6.58 Å². The SMILES string of the molecule is C=C(C)[C@@]1([N+](=O)[O-])CC[C@@](C)(O)[C@@H](C(C)=O)C1. The topological polar surface area (TPSA) is 80.4 Å². The zero-order valence-corrected chi connectivity index (χ0v) is 10.5. The van der Waals surface area contributed by atoms with Gasteiger partial charge in [-0.15, -0.1) is 0 Å². The second-order valence-corrected chi connectivity index (χ2v) is 5.29. The standard InChI is InChI=1S/C12H19NO4/c1-8(2)12(13(16)17)6-5-11(4,15)10(7-12)9(3)14/h10,15H,1,5-7H2,2-4H3/t10-,11-,12-/m1/s1. The Morgan fingerprint density at radius 2 is 2.00 bits per heavy atom. The van der Waals surface area contributed by atoms with Crippen molar-refractivity contribution in [3.05, 3.63) is 22.3 Å². The number of nitro groups is 1. The van der Waals surface area contributed by atoms with Crippen molar-refractivity contribution in [1.82, 2.24) is 0 Å². The van der Waals surface area contributed by atoms with Crippen LogP contribution in [0.3, 0.4) is 0 Å². The second-order valence-electron chi connectivity index (χ2n) is 5.29. The lowest BCUT2D eigenvalue weighted by Gasteiger charge is -2.42. The Morgan fingerprint density at radius 3 is 2.35 bits per heavy atom. The van der Waals surface area contributed by atoms with E-state index in [0.717, 1.165) is 0 Å². The van der Waals surface area contributed by atoms with Gasteiger partial charge in [-0.2, -0.15) is 0 Å². The molecular weight excluding hydrogens is 222 g/mol. The van der Waals surface area contributed by atoms with E-state index in [9.17, 15) is 20.0 Å². The molecule has 0 radical (unpaired) electrons. The molecule has 1 saturated carbocycles. The van der Waals surface area contributed by atoms with Crippen molar-refractivity contribution in [2.24, 2.45) is 5.92 Å². The number of Topliss-reactive ketones (excluding diaryl/α,β-unsaturated/α-hetero) is 1. The van der Waals surface area contributed by atoms with Gasteiger partial charge in [-0.25, -0.2) is 0 Å². The van der Waals surface area contributed by atoms with Gasteiger partial charge < -0.3 is 5.11 Å². The normalized spacial score (nSPS) is 37.5. The minimum Gasteiger partial charge on any atom is -0.389 e. The predicted molar refractivity (Wildman–Crippen MR) is 63.2 cm³/mol. The number of aliphatic hydroxyl groups is 1. The van der Waals surface area contributed by atoms with Gasteiger partial charge in [0.15, 0.2) is 0 Å². The van der Waals surface area contributed by atoms with Gasteiger partial charge in [0.2, 0.25) is 5.54 Å². The Hall–Kier alpha value is -1.23. The summed E-state index contributed by atoms with van der Waals surface area (Å²) in [4.78, 5) is 22.4. The van der Waals surface area contributed by atoms with Crippen molar-refractivity contribution in [2.75, 3.05) is 0 Å². The lowest BCUT2D eigenvalue weighted by Crippen LogP contribution is -2.54. The minimum absolute atomic E-state index is 0.0394. The average molecular weight is 241 g/mol. The van der Waals surface area contributed by atoms with E-state index in [0.29, 0.717) is 5.57 Å². The molecular formula is C12H19NO4. The molecule has 0 aromatic rings. The largest absolute Gasteiger partial charge is 0.389 e. The maximum Gasteiger partial charge on any atom is 0.243 e. The molecule has 1 aliphatic carbocycles. The number of ketones is 1. The maximum atomic E-state index is 11.5. The summed E-state index contributed by atoms with van der Waals surface area (Å²) in [7, 11) is 0. The smallest absolute Gasteiger partial charge is 0.243 e. The Balaban J connectivity index is 3.13. The Kier molecular flexibility index (Phi) is 3.43. The highest BCUT2D eigenvalue weighted by atomic mass is 16.6. The van der Waals surface area contributed by atoms with E-state index < -0.39 is 17.1 Å². The van der Waals surface area contributed by atoms with E-state index in [4.69, 9.17) is 0 Å². The lowest BCUT2D eigenvalue weighted by molar-refractivity contribution is -0.566. The van der Waals surface area contributed by atoms with Crippen LogP contribution in [0.25, 0.3) is 0 Å². The fourth-order valence-corrected chi connectivity index (χ4v) is 2.58. The van der Waals surface area contributed by atoms with Crippen molar-refractivity contribution < 1.29 is 14.8 Å². The van der Waals surface area contributed by atoms with Crippen LogP contribution >= 0.6 is 0 Å². The molecule has 1 N–H and O–H groups in total. The van der Waals surface area contributed by atoms with Gasteiger partial charge in [0.25, 0.3) is 0 Å². The molecule has 0 aromatic heterocycles. The summed E-state index contributed by atoms with van der Waals surface area (Å²) in [5.74, 6) is -0.902. The molecule has 1 fully saturated rings. The van der Waals surface area contributed by atoms with Crippen LogP contribution in [-0.4, -0.2) is 27.0 Å². The fourth-order valence-electron chi connectivity index (χ4n) is 2.58. The molecule has 0 spiro atoms. The van der Waals surface area contributed by atoms with Gasteiger partial charge in [0, 0.05) is 17.8 Å². The van der Waals surface area contributed by atoms with E-state index in [1.54, 1.807) is 13.8 Å². The highest BCUT2D eigenvalue weighted by Crippen LogP contribution is 2.44.